The predicted octanol–water partition coefficient (Wildman–Crippen LogP) is -0.0603. The molecule has 218 valence electrons. The van der Waals surface area contributed by atoms with Crippen molar-refractivity contribution in [3.8, 4) is 0 Å². The standard InChI is InChI=1S/C26H36N6O7S/c1-14(2)10-20(26(38)39)31(4)25(37)21(13-40)32(5)24(36)15(3)28-23(35)19(12-33)30-22(34)18-11-27-16-8-6-7-9-17(16)29-18/h6-9,11,14-15,19-21,33,40H,10,12-13H2,1-5H3,(H,28,35)(H,30,34)(H,38,39)/t15-,19+,20-,21-/m0/s1. The molecule has 2 rings (SSSR count). The minimum Gasteiger partial charge on any atom is -0.480 e. The molecule has 4 N–H and O–H groups in total. The highest BCUT2D eigenvalue weighted by Crippen LogP contribution is 2.15. The van der Waals surface area contributed by atoms with E-state index in [0.29, 0.717) is 11.0 Å². The van der Waals surface area contributed by atoms with Gasteiger partial charge in [-0.3, -0.25) is 24.2 Å². The van der Waals surface area contributed by atoms with Crippen LogP contribution in [-0.4, -0.2) is 110 Å². The van der Waals surface area contributed by atoms with Gasteiger partial charge in [0.25, 0.3) is 5.91 Å². The summed E-state index contributed by atoms with van der Waals surface area (Å²) < 4.78 is 0. The van der Waals surface area contributed by atoms with Gasteiger partial charge < -0.3 is 30.6 Å². The normalized spacial score (nSPS) is 14.1. The molecule has 0 radical (unpaired) electrons. The lowest BCUT2D eigenvalue weighted by molar-refractivity contribution is -0.153. The van der Waals surface area contributed by atoms with Crippen LogP contribution >= 0.6 is 12.6 Å². The lowest BCUT2D eigenvalue weighted by Gasteiger charge is -2.34. The highest BCUT2D eigenvalue weighted by atomic mass is 32.1. The number of aliphatic hydroxyl groups is 1. The monoisotopic (exact) mass is 576 g/mol. The fourth-order valence-corrected chi connectivity index (χ4v) is 4.35. The molecule has 1 aromatic carbocycles. The van der Waals surface area contributed by atoms with Gasteiger partial charge in [-0.05, 0) is 31.4 Å². The van der Waals surface area contributed by atoms with Crippen molar-refractivity contribution in [1.82, 2.24) is 30.4 Å². The number of nitrogens with zero attached hydrogens (tertiary/aromatic N) is 4. The molecule has 0 fully saturated rings. The Labute approximate surface area is 237 Å². The molecule has 0 saturated heterocycles. The van der Waals surface area contributed by atoms with Crippen LogP contribution in [0.15, 0.2) is 30.5 Å². The number of hydrogen-bond donors (Lipinski definition) is 5. The zero-order chi connectivity index (χ0) is 30.1. The quantitative estimate of drug-likeness (QED) is 0.204. The van der Waals surface area contributed by atoms with Crippen molar-refractivity contribution in [3.63, 3.8) is 0 Å². The van der Waals surface area contributed by atoms with E-state index in [2.05, 4.69) is 33.2 Å². The molecule has 1 aromatic heterocycles. The molecule has 0 saturated carbocycles. The fraction of sp³-hybridized carbons (Fsp3) is 0.500. The summed E-state index contributed by atoms with van der Waals surface area (Å²) in [7, 11) is 2.71. The van der Waals surface area contributed by atoms with Crippen LogP contribution in [0.4, 0.5) is 0 Å². The first-order chi connectivity index (χ1) is 18.8. The van der Waals surface area contributed by atoms with Gasteiger partial charge in [-0.25, -0.2) is 9.78 Å². The van der Waals surface area contributed by atoms with Gasteiger partial charge in [0.1, 0.15) is 29.9 Å². The molecule has 0 unspecified atom stereocenters. The minimum absolute atomic E-state index is 0.00800. The molecule has 14 heteroatoms. The highest BCUT2D eigenvalue weighted by Gasteiger charge is 2.36. The third kappa shape index (κ3) is 8.11. The number of aliphatic carboxylic acids is 1. The lowest BCUT2D eigenvalue weighted by atomic mass is 10.0. The fourth-order valence-electron chi connectivity index (χ4n) is 3.95. The van der Waals surface area contributed by atoms with Gasteiger partial charge >= 0.3 is 5.97 Å². The number of benzene rings is 1. The van der Waals surface area contributed by atoms with E-state index in [-0.39, 0.29) is 23.8 Å². The number of fused-ring (bicyclic) bond motifs is 1. The molecular formula is C26H36N6O7S. The Hall–Kier alpha value is -3.78. The summed E-state index contributed by atoms with van der Waals surface area (Å²) in [4.78, 5) is 73.9. The van der Waals surface area contributed by atoms with E-state index in [0.717, 1.165) is 9.80 Å². The molecule has 0 bridgehead atoms. The summed E-state index contributed by atoms with van der Waals surface area (Å²) in [6, 6.07) is 2.16. The Morgan fingerprint density at radius 3 is 2.10 bits per heavy atom. The van der Waals surface area contributed by atoms with Crippen molar-refractivity contribution < 1.29 is 34.2 Å². The van der Waals surface area contributed by atoms with E-state index in [9.17, 15) is 34.2 Å². The van der Waals surface area contributed by atoms with Crippen LogP contribution in [0.1, 0.15) is 37.7 Å². The van der Waals surface area contributed by atoms with Gasteiger partial charge in [0.15, 0.2) is 0 Å². The van der Waals surface area contributed by atoms with Crippen molar-refractivity contribution in [3.05, 3.63) is 36.2 Å². The number of aliphatic hydroxyl groups excluding tert-OH is 1. The van der Waals surface area contributed by atoms with Gasteiger partial charge in [-0.15, -0.1) is 0 Å². The molecule has 1 heterocycles. The van der Waals surface area contributed by atoms with E-state index >= 15 is 0 Å². The average Bonchev–Trinajstić information content (AvgIpc) is 2.93. The maximum Gasteiger partial charge on any atom is 0.326 e. The molecule has 4 amide bonds. The average molecular weight is 577 g/mol. The van der Waals surface area contributed by atoms with Crippen molar-refractivity contribution in [2.24, 2.45) is 5.92 Å². The SMILES string of the molecule is CC(C)C[C@@H](C(=O)O)N(C)C(=O)[C@H](CS)N(C)C(=O)[C@H](C)NC(=O)[C@@H](CO)NC(=O)c1cnc2ccccc2n1. The van der Waals surface area contributed by atoms with Crippen molar-refractivity contribution in [2.75, 3.05) is 26.5 Å². The Bertz CT molecular complexity index is 1240. The maximum atomic E-state index is 13.1. The largest absolute Gasteiger partial charge is 0.480 e. The zero-order valence-electron chi connectivity index (χ0n) is 23.1. The molecule has 0 aliphatic carbocycles. The molecular weight excluding hydrogens is 540 g/mol. The number of amides is 4. The van der Waals surface area contributed by atoms with E-state index in [1.54, 1.807) is 24.3 Å². The number of rotatable bonds is 13. The summed E-state index contributed by atoms with van der Waals surface area (Å²) in [5, 5.41) is 24.1. The van der Waals surface area contributed by atoms with Crippen molar-refractivity contribution in [2.45, 2.75) is 51.4 Å². The first-order valence-corrected chi connectivity index (χ1v) is 13.3. The Balaban J connectivity index is 2.07. The first-order valence-electron chi connectivity index (χ1n) is 12.6. The van der Waals surface area contributed by atoms with E-state index in [1.807, 2.05) is 13.8 Å². The van der Waals surface area contributed by atoms with Gasteiger partial charge in [-0.2, -0.15) is 12.6 Å². The molecule has 2 aromatic rings. The number of carboxylic acids is 1. The number of aromatic nitrogens is 2. The number of likely N-dealkylation sites (N-methyl/N-ethyl adjacent to an activating group) is 2. The third-order valence-electron chi connectivity index (χ3n) is 6.28. The van der Waals surface area contributed by atoms with Crippen molar-refractivity contribution >= 4 is 53.3 Å². The van der Waals surface area contributed by atoms with Gasteiger partial charge in [-0.1, -0.05) is 26.0 Å². The number of para-hydroxylation sites is 2. The number of hydrogen-bond acceptors (Lipinski definition) is 9. The van der Waals surface area contributed by atoms with Crippen molar-refractivity contribution in [1.29, 1.82) is 0 Å². The molecule has 0 aliphatic heterocycles. The number of carbonyl (C=O) groups is 5. The number of carboxylic acid groups (broad SMARTS) is 1. The Morgan fingerprint density at radius 1 is 0.950 bits per heavy atom. The third-order valence-corrected chi connectivity index (χ3v) is 6.63. The van der Waals surface area contributed by atoms with Gasteiger partial charge in [0, 0.05) is 19.8 Å². The van der Waals surface area contributed by atoms with Crippen LogP contribution in [0.3, 0.4) is 0 Å². The molecule has 0 spiro atoms. The van der Waals surface area contributed by atoms with Crippen LogP contribution in [0.25, 0.3) is 11.0 Å². The molecule has 0 aliphatic rings. The second kappa shape index (κ2) is 14.6. The predicted molar refractivity (Wildman–Crippen MR) is 150 cm³/mol. The van der Waals surface area contributed by atoms with Crippen LogP contribution in [0.5, 0.6) is 0 Å². The highest BCUT2D eigenvalue weighted by molar-refractivity contribution is 7.80. The summed E-state index contributed by atoms with van der Waals surface area (Å²) in [5.41, 5.74) is 0.986. The van der Waals surface area contributed by atoms with Crippen LogP contribution in [-0.2, 0) is 19.2 Å². The summed E-state index contributed by atoms with van der Waals surface area (Å²) in [5.74, 6) is -4.11. The van der Waals surface area contributed by atoms with E-state index < -0.39 is 60.4 Å². The molecule has 4 atom stereocenters. The summed E-state index contributed by atoms with van der Waals surface area (Å²) in [6.07, 6.45) is 1.47. The number of thiol groups is 1. The number of carbonyl (C=O) groups excluding carboxylic acids is 4. The second-order valence-corrected chi connectivity index (χ2v) is 10.1. The molecule has 13 nitrogen and oxygen atoms in total. The minimum atomic E-state index is -1.40. The summed E-state index contributed by atoms with van der Waals surface area (Å²) >= 11 is 4.19. The van der Waals surface area contributed by atoms with E-state index in [4.69, 9.17) is 0 Å². The van der Waals surface area contributed by atoms with Gasteiger partial charge in [0.05, 0.1) is 23.8 Å². The second-order valence-electron chi connectivity index (χ2n) is 9.76. The van der Waals surface area contributed by atoms with Crippen LogP contribution in [0.2, 0.25) is 0 Å². The topological polar surface area (TPSA) is 182 Å². The van der Waals surface area contributed by atoms with E-state index in [1.165, 1.54) is 27.2 Å². The molecule has 40 heavy (non-hydrogen) atoms. The first kappa shape index (κ1) is 32.4. The van der Waals surface area contributed by atoms with Gasteiger partial charge in [0.2, 0.25) is 17.7 Å². The Morgan fingerprint density at radius 2 is 1.55 bits per heavy atom. The smallest absolute Gasteiger partial charge is 0.326 e. The summed E-state index contributed by atoms with van der Waals surface area (Å²) in [6.45, 7) is 4.29. The Kier molecular flexibility index (Phi) is 11.8. The lowest BCUT2D eigenvalue weighted by Crippen LogP contribution is -2.58. The van der Waals surface area contributed by atoms with Crippen LogP contribution in [0, 0.1) is 5.92 Å². The number of nitrogens with one attached hydrogen (secondary N) is 2. The zero-order valence-corrected chi connectivity index (χ0v) is 24.0. The van der Waals surface area contributed by atoms with Crippen LogP contribution < -0.4 is 10.6 Å². The maximum absolute atomic E-state index is 13.1.